The number of benzene rings is 1. The Morgan fingerprint density at radius 3 is 2.50 bits per heavy atom. The first kappa shape index (κ1) is 13.3. The molecule has 1 aliphatic heterocycles. The van der Waals surface area contributed by atoms with Crippen molar-refractivity contribution in [3.05, 3.63) is 24.0 Å². The first-order valence-corrected chi connectivity index (χ1v) is 7.16. The molecule has 0 bridgehead atoms. The minimum Gasteiger partial charge on any atom is -0.365 e. The van der Waals surface area contributed by atoms with Crippen LogP contribution in [0.1, 0.15) is 13.3 Å². The van der Waals surface area contributed by atoms with Gasteiger partial charge >= 0.3 is 0 Å². The SMILES string of the molecule is CCC1(N)CN(c2ccc(S(N)(=O)=O)cc2F)C1. The Balaban J connectivity index is 2.23. The van der Waals surface area contributed by atoms with Gasteiger partial charge in [0.1, 0.15) is 5.82 Å². The minimum atomic E-state index is -3.87. The van der Waals surface area contributed by atoms with Crippen LogP contribution in [0.4, 0.5) is 10.1 Å². The van der Waals surface area contributed by atoms with Gasteiger partial charge in [-0.25, -0.2) is 17.9 Å². The Kier molecular flexibility index (Phi) is 3.08. The first-order chi connectivity index (χ1) is 8.25. The fourth-order valence-electron chi connectivity index (χ4n) is 2.03. The molecule has 2 rings (SSSR count). The monoisotopic (exact) mass is 273 g/mol. The van der Waals surface area contributed by atoms with Gasteiger partial charge in [0.15, 0.2) is 0 Å². The smallest absolute Gasteiger partial charge is 0.238 e. The summed E-state index contributed by atoms with van der Waals surface area (Å²) in [7, 11) is -3.87. The highest BCUT2D eigenvalue weighted by molar-refractivity contribution is 7.89. The molecule has 1 aromatic rings. The molecule has 0 amide bonds. The summed E-state index contributed by atoms with van der Waals surface area (Å²) in [5, 5.41) is 4.93. The molecular weight excluding hydrogens is 257 g/mol. The maximum absolute atomic E-state index is 13.8. The highest BCUT2D eigenvalue weighted by atomic mass is 32.2. The van der Waals surface area contributed by atoms with Crippen LogP contribution in [0, 0.1) is 5.82 Å². The van der Waals surface area contributed by atoms with Crippen molar-refractivity contribution in [2.75, 3.05) is 18.0 Å². The van der Waals surface area contributed by atoms with Crippen molar-refractivity contribution in [2.45, 2.75) is 23.8 Å². The second-order valence-corrected chi connectivity index (χ2v) is 6.29. The third kappa shape index (κ3) is 2.33. The van der Waals surface area contributed by atoms with Crippen molar-refractivity contribution < 1.29 is 12.8 Å². The minimum absolute atomic E-state index is 0.223. The van der Waals surface area contributed by atoms with Crippen molar-refractivity contribution in [3.8, 4) is 0 Å². The van der Waals surface area contributed by atoms with Crippen LogP contribution in [0.3, 0.4) is 0 Å². The lowest BCUT2D eigenvalue weighted by Gasteiger charge is -2.48. The maximum atomic E-state index is 13.8. The van der Waals surface area contributed by atoms with Gasteiger partial charge in [-0.05, 0) is 24.6 Å². The first-order valence-electron chi connectivity index (χ1n) is 5.61. The molecule has 0 aliphatic carbocycles. The van der Waals surface area contributed by atoms with Gasteiger partial charge in [-0.1, -0.05) is 6.92 Å². The molecule has 100 valence electrons. The number of hydrogen-bond donors (Lipinski definition) is 2. The van der Waals surface area contributed by atoms with E-state index in [4.69, 9.17) is 10.9 Å². The van der Waals surface area contributed by atoms with Crippen molar-refractivity contribution in [1.82, 2.24) is 0 Å². The number of rotatable bonds is 3. The highest BCUT2D eigenvalue weighted by Crippen LogP contribution is 2.30. The normalized spacial score (nSPS) is 18.6. The summed E-state index contributed by atoms with van der Waals surface area (Å²) in [6.07, 6.45) is 0.820. The largest absolute Gasteiger partial charge is 0.365 e. The molecule has 0 spiro atoms. The summed E-state index contributed by atoms with van der Waals surface area (Å²) in [5.74, 6) is -0.598. The number of nitrogens with zero attached hydrogens (tertiary/aromatic N) is 1. The molecule has 1 heterocycles. The zero-order chi connectivity index (χ0) is 13.6. The van der Waals surface area contributed by atoms with Crippen LogP contribution in [0.2, 0.25) is 0 Å². The number of hydrogen-bond acceptors (Lipinski definition) is 4. The fraction of sp³-hybridized carbons (Fsp3) is 0.455. The van der Waals surface area contributed by atoms with Gasteiger partial charge in [0.25, 0.3) is 0 Å². The zero-order valence-electron chi connectivity index (χ0n) is 10.1. The van der Waals surface area contributed by atoms with E-state index in [1.807, 2.05) is 6.92 Å². The number of nitrogens with two attached hydrogens (primary N) is 2. The zero-order valence-corrected chi connectivity index (χ0v) is 10.9. The van der Waals surface area contributed by atoms with Crippen LogP contribution in [0.5, 0.6) is 0 Å². The van der Waals surface area contributed by atoms with Crippen molar-refractivity contribution >= 4 is 15.7 Å². The van der Waals surface area contributed by atoms with E-state index >= 15 is 0 Å². The number of halogens is 1. The van der Waals surface area contributed by atoms with E-state index in [2.05, 4.69) is 0 Å². The molecule has 0 saturated carbocycles. The summed E-state index contributed by atoms with van der Waals surface area (Å²) in [5.41, 5.74) is 6.08. The maximum Gasteiger partial charge on any atom is 0.238 e. The van der Waals surface area contributed by atoms with Crippen LogP contribution in [0.15, 0.2) is 23.1 Å². The van der Waals surface area contributed by atoms with E-state index in [0.29, 0.717) is 18.8 Å². The Hall–Kier alpha value is -1.18. The van der Waals surface area contributed by atoms with Crippen LogP contribution in [0.25, 0.3) is 0 Å². The molecule has 0 radical (unpaired) electrons. The van der Waals surface area contributed by atoms with E-state index < -0.39 is 15.8 Å². The molecule has 1 fully saturated rings. The lowest BCUT2D eigenvalue weighted by Crippen LogP contribution is -2.67. The topological polar surface area (TPSA) is 89.4 Å². The average molecular weight is 273 g/mol. The Morgan fingerprint density at radius 1 is 1.44 bits per heavy atom. The summed E-state index contributed by atoms with van der Waals surface area (Å²) < 4.78 is 36.0. The number of primary sulfonamides is 1. The number of sulfonamides is 1. The average Bonchev–Trinajstić information content (AvgIpc) is 2.24. The molecule has 1 aromatic carbocycles. The van der Waals surface area contributed by atoms with Gasteiger partial charge in [0.2, 0.25) is 10.0 Å². The van der Waals surface area contributed by atoms with E-state index in [1.54, 1.807) is 4.90 Å². The predicted molar refractivity (Wildman–Crippen MR) is 67.2 cm³/mol. The highest BCUT2D eigenvalue weighted by Gasteiger charge is 2.38. The number of anilines is 1. The molecular formula is C11H16FN3O2S. The van der Waals surface area contributed by atoms with Gasteiger partial charge in [-0.3, -0.25) is 0 Å². The van der Waals surface area contributed by atoms with Crippen molar-refractivity contribution in [3.63, 3.8) is 0 Å². The molecule has 0 aromatic heterocycles. The van der Waals surface area contributed by atoms with Gasteiger partial charge in [0.05, 0.1) is 16.1 Å². The third-order valence-electron chi connectivity index (χ3n) is 3.30. The second kappa shape index (κ2) is 4.18. The summed E-state index contributed by atoms with van der Waals surface area (Å²) in [6, 6.07) is 3.66. The summed E-state index contributed by atoms with van der Waals surface area (Å²) >= 11 is 0. The lowest BCUT2D eigenvalue weighted by atomic mass is 9.88. The van der Waals surface area contributed by atoms with E-state index in [9.17, 15) is 12.8 Å². The van der Waals surface area contributed by atoms with Crippen LogP contribution in [-0.4, -0.2) is 27.0 Å². The van der Waals surface area contributed by atoms with Gasteiger partial charge in [-0.2, -0.15) is 0 Å². The van der Waals surface area contributed by atoms with E-state index in [1.165, 1.54) is 12.1 Å². The Morgan fingerprint density at radius 2 is 2.06 bits per heavy atom. The fourth-order valence-corrected chi connectivity index (χ4v) is 2.55. The molecule has 4 N–H and O–H groups in total. The molecule has 18 heavy (non-hydrogen) atoms. The molecule has 7 heteroatoms. The third-order valence-corrected chi connectivity index (χ3v) is 4.21. The van der Waals surface area contributed by atoms with E-state index in [0.717, 1.165) is 12.5 Å². The standard InChI is InChI=1S/C11H16FN3O2S/c1-2-11(13)6-15(7-11)10-4-3-8(5-9(10)12)18(14,16)17/h3-5H,2,6-7,13H2,1H3,(H2,14,16,17). The predicted octanol–water partition coefficient (Wildman–Crippen LogP) is 0.401. The molecule has 0 atom stereocenters. The second-order valence-electron chi connectivity index (χ2n) is 4.73. The Labute approximate surface area is 106 Å². The molecule has 1 saturated heterocycles. The van der Waals surface area contributed by atoms with Crippen molar-refractivity contribution in [2.24, 2.45) is 10.9 Å². The van der Waals surface area contributed by atoms with Gasteiger partial charge in [0, 0.05) is 13.1 Å². The van der Waals surface area contributed by atoms with E-state index in [-0.39, 0.29) is 10.4 Å². The molecule has 5 nitrogen and oxygen atoms in total. The van der Waals surface area contributed by atoms with Gasteiger partial charge in [-0.15, -0.1) is 0 Å². The Bertz CT molecular complexity index is 568. The van der Waals surface area contributed by atoms with Crippen LogP contribution in [-0.2, 0) is 10.0 Å². The summed E-state index contributed by atoms with van der Waals surface area (Å²) in [4.78, 5) is 1.56. The lowest BCUT2D eigenvalue weighted by molar-refractivity contribution is 0.319. The molecule has 0 unspecified atom stereocenters. The molecule has 1 aliphatic rings. The van der Waals surface area contributed by atoms with Gasteiger partial charge < -0.3 is 10.6 Å². The van der Waals surface area contributed by atoms with Crippen molar-refractivity contribution in [1.29, 1.82) is 0 Å². The van der Waals surface area contributed by atoms with Crippen LogP contribution < -0.4 is 15.8 Å². The quantitative estimate of drug-likeness (QED) is 0.834. The summed E-state index contributed by atoms with van der Waals surface area (Å²) in [6.45, 7) is 3.11. The van der Waals surface area contributed by atoms with Crippen LogP contribution >= 0.6 is 0 Å².